The Balaban J connectivity index is 1.99. The van der Waals surface area contributed by atoms with E-state index in [1.165, 1.54) is 4.90 Å². The van der Waals surface area contributed by atoms with E-state index in [-0.39, 0.29) is 5.91 Å². The third-order valence-corrected chi connectivity index (χ3v) is 4.81. The number of rotatable bonds is 2. The van der Waals surface area contributed by atoms with Crippen molar-refractivity contribution in [1.82, 2.24) is 0 Å². The Labute approximate surface area is 141 Å². The molecule has 0 radical (unpaired) electrons. The van der Waals surface area contributed by atoms with Crippen molar-refractivity contribution in [2.24, 2.45) is 0 Å². The molecule has 0 fully saturated rings. The van der Waals surface area contributed by atoms with Gasteiger partial charge in [0.2, 0.25) is 0 Å². The minimum atomic E-state index is -1.46. The van der Waals surface area contributed by atoms with Crippen molar-refractivity contribution < 1.29 is 9.90 Å². The Kier molecular flexibility index (Phi) is 3.39. The number of allylic oxidation sites excluding steroid dienone is 2. The van der Waals surface area contributed by atoms with Crippen LogP contribution in [-0.2, 0) is 5.72 Å². The number of hydrogen-bond acceptors (Lipinski definition) is 2. The van der Waals surface area contributed by atoms with E-state index in [2.05, 4.69) is 6.08 Å². The number of carbonyl (C=O) groups excluding carboxylic acids is 1. The maximum atomic E-state index is 13.1. The maximum Gasteiger partial charge on any atom is 0.261 e. The molecule has 0 saturated heterocycles. The molecule has 0 saturated carbocycles. The summed E-state index contributed by atoms with van der Waals surface area (Å²) < 4.78 is 0. The summed E-state index contributed by atoms with van der Waals surface area (Å²) in [6.45, 7) is 1.96. The summed E-state index contributed by atoms with van der Waals surface area (Å²) in [7, 11) is 0. The summed E-state index contributed by atoms with van der Waals surface area (Å²) in [6, 6.07) is 15.0. The highest BCUT2D eigenvalue weighted by atomic mass is 16.3. The molecule has 1 heterocycles. The van der Waals surface area contributed by atoms with Gasteiger partial charge in [-0.2, -0.15) is 0 Å². The second-order valence-corrected chi connectivity index (χ2v) is 6.28. The van der Waals surface area contributed by atoms with Gasteiger partial charge < -0.3 is 5.11 Å². The Morgan fingerprint density at radius 3 is 2.54 bits per heavy atom. The number of aryl methyl sites for hydroxylation is 1. The zero-order valence-electron chi connectivity index (χ0n) is 13.6. The smallest absolute Gasteiger partial charge is 0.261 e. The van der Waals surface area contributed by atoms with Crippen LogP contribution in [0, 0.1) is 6.92 Å². The van der Waals surface area contributed by atoms with Crippen LogP contribution in [0.1, 0.15) is 34.3 Å². The van der Waals surface area contributed by atoms with Crippen LogP contribution in [0.2, 0.25) is 0 Å². The molecule has 1 atom stereocenters. The van der Waals surface area contributed by atoms with E-state index < -0.39 is 5.72 Å². The quantitative estimate of drug-likeness (QED) is 0.907. The number of hydrogen-bond donors (Lipinski definition) is 1. The van der Waals surface area contributed by atoms with Crippen LogP contribution in [0.3, 0.4) is 0 Å². The number of carbonyl (C=O) groups is 1. The third-order valence-electron chi connectivity index (χ3n) is 4.81. The number of anilines is 1. The summed E-state index contributed by atoms with van der Waals surface area (Å²) in [6.07, 6.45) is 7.84. The van der Waals surface area contributed by atoms with E-state index in [0.29, 0.717) is 11.1 Å². The second-order valence-electron chi connectivity index (χ2n) is 6.28. The molecule has 1 aliphatic heterocycles. The van der Waals surface area contributed by atoms with Crippen molar-refractivity contribution >= 4 is 11.6 Å². The first kappa shape index (κ1) is 14.9. The summed E-state index contributed by atoms with van der Waals surface area (Å²) in [5, 5.41) is 11.8. The van der Waals surface area contributed by atoms with Gasteiger partial charge >= 0.3 is 0 Å². The Hall–Kier alpha value is -2.65. The molecular formula is C21H19NO2. The van der Waals surface area contributed by atoms with Gasteiger partial charge in [0.1, 0.15) is 0 Å². The zero-order valence-corrected chi connectivity index (χ0v) is 13.6. The molecule has 24 heavy (non-hydrogen) atoms. The highest BCUT2D eigenvalue weighted by Crippen LogP contribution is 2.46. The lowest BCUT2D eigenvalue weighted by Crippen LogP contribution is -2.45. The van der Waals surface area contributed by atoms with E-state index in [1.807, 2.05) is 61.5 Å². The first-order valence-corrected chi connectivity index (χ1v) is 8.23. The summed E-state index contributed by atoms with van der Waals surface area (Å²) >= 11 is 0. The topological polar surface area (TPSA) is 40.5 Å². The Morgan fingerprint density at radius 2 is 1.79 bits per heavy atom. The molecule has 3 heteroatoms. The van der Waals surface area contributed by atoms with E-state index in [1.54, 1.807) is 6.07 Å². The molecule has 4 rings (SSSR count). The van der Waals surface area contributed by atoms with Crippen LogP contribution in [0.4, 0.5) is 5.69 Å². The monoisotopic (exact) mass is 317 g/mol. The molecule has 2 aromatic rings. The minimum absolute atomic E-state index is 0.165. The number of para-hydroxylation sites is 1. The first-order valence-electron chi connectivity index (χ1n) is 8.23. The van der Waals surface area contributed by atoms with Crippen molar-refractivity contribution in [1.29, 1.82) is 0 Å². The largest absolute Gasteiger partial charge is 0.363 e. The van der Waals surface area contributed by atoms with Crippen LogP contribution in [-0.4, -0.2) is 11.0 Å². The van der Waals surface area contributed by atoms with Crippen LogP contribution in [0.25, 0.3) is 0 Å². The van der Waals surface area contributed by atoms with Crippen molar-refractivity contribution in [3.8, 4) is 0 Å². The normalized spacial score (nSPS) is 22.5. The molecule has 2 aliphatic rings. The predicted octanol–water partition coefficient (Wildman–Crippen LogP) is 4.08. The van der Waals surface area contributed by atoms with Gasteiger partial charge in [0.25, 0.3) is 5.91 Å². The molecule has 1 unspecified atom stereocenters. The van der Waals surface area contributed by atoms with Crippen LogP contribution in [0.15, 0.2) is 72.3 Å². The van der Waals surface area contributed by atoms with Gasteiger partial charge in [-0.25, -0.2) is 0 Å². The predicted molar refractivity (Wildman–Crippen MR) is 94.8 cm³/mol. The van der Waals surface area contributed by atoms with Crippen molar-refractivity contribution in [2.75, 3.05) is 4.90 Å². The average molecular weight is 317 g/mol. The number of nitrogens with zero attached hydrogens (tertiary/aromatic N) is 1. The molecule has 0 bridgehead atoms. The van der Waals surface area contributed by atoms with Gasteiger partial charge in [0, 0.05) is 16.7 Å². The molecule has 2 aromatic carbocycles. The lowest BCUT2D eigenvalue weighted by Gasteiger charge is -2.37. The molecular weight excluding hydrogens is 298 g/mol. The molecule has 1 N–H and O–H groups in total. The molecule has 120 valence electrons. The molecule has 3 nitrogen and oxygen atoms in total. The highest BCUT2D eigenvalue weighted by molar-refractivity contribution is 6.12. The van der Waals surface area contributed by atoms with Gasteiger partial charge in [-0.3, -0.25) is 9.69 Å². The lowest BCUT2D eigenvalue weighted by atomic mass is 9.90. The summed E-state index contributed by atoms with van der Waals surface area (Å²) in [5.41, 5.74) is 2.20. The lowest BCUT2D eigenvalue weighted by molar-refractivity contribution is 0.0695. The van der Waals surface area contributed by atoms with E-state index >= 15 is 0 Å². The maximum absolute atomic E-state index is 13.1. The summed E-state index contributed by atoms with van der Waals surface area (Å²) in [5.74, 6) is -0.165. The van der Waals surface area contributed by atoms with Gasteiger partial charge in [-0.15, -0.1) is 0 Å². The van der Waals surface area contributed by atoms with Crippen LogP contribution >= 0.6 is 0 Å². The van der Waals surface area contributed by atoms with Crippen molar-refractivity contribution in [3.63, 3.8) is 0 Å². The Bertz CT molecular complexity index is 881. The molecule has 1 amide bonds. The second kappa shape index (κ2) is 5.46. The van der Waals surface area contributed by atoms with Gasteiger partial charge in [-0.1, -0.05) is 54.6 Å². The Morgan fingerprint density at radius 1 is 1.04 bits per heavy atom. The van der Waals surface area contributed by atoms with Crippen LogP contribution in [0.5, 0.6) is 0 Å². The average Bonchev–Trinajstić information content (AvgIpc) is 2.86. The fourth-order valence-electron chi connectivity index (χ4n) is 3.62. The third kappa shape index (κ3) is 1.98. The van der Waals surface area contributed by atoms with E-state index in [4.69, 9.17) is 0 Å². The number of amides is 1. The minimum Gasteiger partial charge on any atom is -0.363 e. The summed E-state index contributed by atoms with van der Waals surface area (Å²) in [4.78, 5) is 14.7. The standard InChI is InChI=1S/C21H19NO2/c1-15-9-5-8-14-19(15)22-20(23)17-12-6-7-13-18(17)21(22,24)16-10-3-2-4-11-16/h3,5-14,24H,2,4H2,1H3. The molecule has 1 aliphatic carbocycles. The van der Waals surface area contributed by atoms with Gasteiger partial charge in [-0.05, 0) is 37.5 Å². The van der Waals surface area contributed by atoms with Gasteiger partial charge in [0.15, 0.2) is 5.72 Å². The number of fused-ring (bicyclic) bond motifs is 1. The number of benzene rings is 2. The first-order chi connectivity index (χ1) is 11.6. The van der Waals surface area contributed by atoms with Crippen molar-refractivity contribution in [2.45, 2.75) is 25.5 Å². The van der Waals surface area contributed by atoms with Gasteiger partial charge in [0.05, 0.1) is 5.69 Å². The molecule has 0 aromatic heterocycles. The van der Waals surface area contributed by atoms with Crippen LogP contribution < -0.4 is 4.90 Å². The SMILES string of the molecule is Cc1ccccc1N1C(=O)c2ccccc2C1(O)C1=CCCC=C1. The highest BCUT2D eigenvalue weighted by Gasteiger charge is 2.51. The van der Waals surface area contributed by atoms with Crippen molar-refractivity contribution in [3.05, 3.63) is 89.0 Å². The molecule has 0 spiro atoms. The zero-order chi connectivity index (χ0) is 16.7. The van der Waals surface area contributed by atoms with E-state index in [0.717, 1.165) is 29.7 Å². The van der Waals surface area contributed by atoms with E-state index in [9.17, 15) is 9.90 Å². The number of aliphatic hydroxyl groups is 1. The fraction of sp³-hybridized carbons (Fsp3) is 0.190. The fourth-order valence-corrected chi connectivity index (χ4v) is 3.62.